The van der Waals surface area contributed by atoms with E-state index in [4.69, 9.17) is 9.47 Å². The fraction of sp³-hybridized carbons (Fsp3) is 0.300. The molecule has 38 heavy (non-hydrogen) atoms. The van der Waals surface area contributed by atoms with Crippen molar-refractivity contribution in [3.05, 3.63) is 88.8 Å². The third-order valence-corrected chi connectivity index (χ3v) is 6.43. The standard InChI is InChI=1S/C30H32N2O6/c1-4-6-14-38-22-10-11-23(19(3)15-22)28(34)26-27(21-9-12-24(33)25(16-21)37-5-2)32(30(36)29(26)35)18-20-8-7-13-31-17-20/h7-13,15-17,27,33-34H,4-6,14,18H2,1-3H3/b28-26+/t27-/m0/s1. The molecule has 0 radical (unpaired) electrons. The lowest BCUT2D eigenvalue weighted by molar-refractivity contribution is -0.140. The van der Waals surface area contributed by atoms with Gasteiger partial charge in [-0.2, -0.15) is 0 Å². The van der Waals surface area contributed by atoms with Gasteiger partial charge in [0.2, 0.25) is 0 Å². The van der Waals surface area contributed by atoms with Crippen LogP contribution in [0.25, 0.3) is 5.76 Å². The van der Waals surface area contributed by atoms with E-state index in [-0.39, 0.29) is 29.4 Å². The minimum atomic E-state index is -0.908. The second kappa shape index (κ2) is 11.8. The van der Waals surface area contributed by atoms with E-state index < -0.39 is 17.7 Å². The summed E-state index contributed by atoms with van der Waals surface area (Å²) in [6.07, 6.45) is 5.19. The van der Waals surface area contributed by atoms with E-state index in [1.807, 2.05) is 13.0 Å². The van der Waals surface area contributed by atoms with Crippen molar-refractivity contribution in [3.8, 4) is 17.2 Å². The SMILES string of the molecule is CCCCOc1ccc(/C(O)=C2\C(=O)C(=O)N(Cc3cccnc3)[C@H]2c2ccc(O)c(OCC)c2)c(C)c1. The van der Waals surface area contributed by atoms with Gasteiger partial charge in [0.05, 0.1) is 24.8 Å². The van der Waals surface area contributed by atoms with Gasteiger partial charge < -0.3 is 24.6 Å². The van der Waals surface area contributed by atoms with Crippen LogP contribution in [0.15, 0.2) is 66.5 Å². The van der Waals surface area contributed by atoms with Crippen LogP contribution >= 0.6 is 0 Å². The third-order valence-electron chi connectivity index (χ3n) is 6.43. The smallest absolute Gasteiger partial charge is 0.295 e. The van der Waals surface area contributed by atoms with E-state index in [0.717, 1.165) is 18.4 Å². The van der Waals surface area contributed by atoms with Crippen LogP contribution in [-0.2, 0) is 16.1 Å². The van der Waals surface area contributed by atoms with Crippen LogP contribution in [0.3, 0.4) is 0 Å². The van der Waals surface area contributed by atoms with Crippen LogP contribution < -0.4 is 9.47 Å². The molecule has 0 aliphatic carbocycles. The van der Waals surface area contributed by atoms with Crippen molar-refractivity contribution < 1.29 is 29.3 Å². The lowest BCUT2D eigenvalue weighted by Gasteiger charge is -2.26. The summed E-state index contributed by atoms with van der Waals surface area (Å²) in [6, 6.07) is 12.6. The van der Waals surface area contributed by atoms with Gasteiger partial charge in [-0.15, -0.1) is 0 Å². The molecule has 2 N–H and O–H groups in total. The summed E-state index contributed by atoms with van der Waals surface area (Å²) < 4.78 is 11.3. The highest BCUT2D eigenvalue weighted by molar-refractivity contribution is 6.46. The predicted molar refractivity (Wildman–Crippen MR) is 143 cm³/mol. The summed E-state index contributed by atoms with van der Waals surface area (Å²) in [5.41, 5.74) is 2.35. The number of phenols is 1. The van der Waals surface area contributed by atoms with Crippen LogP contribution in [0.4, 0.5) is 0 Å². The molecular formula is C30H32N2O6. The Bertz CT molecular complexity index is 1350. The lowest BCUT2D eigenvalue weighted by Crippen LogP contribution is -2.29. The number of likely N-dealkylation sites (tertiary alicyclic amines) is 1. The summed E-state index contributed by atoms with van der Waals surface area (Å²) in [7, 11) is 0. The maximum Gasteiger partial charge on any atom is 0.295 e. The predicted octanol–water partition coefficient (Wildman–Crippen LogP) is 5.30. The number of nitrogens with zero attached hydrogens (tertiary/aromatic N) is 2. The largest absolute Gasteiger partial charge is 0.507 e. The maximum atomic E-state index is 13.4. The lowest BCUT2D eigenvalue weighted by atomic mass is 9.93. The van der Waals surface area contributed by atoms with Gasteiger partial charge in [0, 0.05) is 24.5 Å². The first kappa shape index (κ1) is 26.7. The number of aliphatic hydroxyl groups is 1. The van der Waals surface area contributed by atoms with Gasteiger partial charge in [-0.3, -0.25) is 14.6 Å². The normalized spacial score (nSPS) is 16.6. The number of benzene rings is 2. The van der Waals surface area contributed by atoms with Gasteiger partial charge in [0.25, 0.3) is 11.7 Å². The first-order chi connectivity index (χ1) is 18.3. The number of pyridine rings is 1. The topological polar surface area (TPSA) is 109 Å². The number of aromatic nitrogens is 1. The van der Waals surface area contributed by atoms with Crippen molar-refractivity contribution in [2.75, 3.05) is 13.2 Å². The van der Waals surface area contributed by atoms with Crippen molar-refractivity contribution in [3.63, 3.8) is 0 Å². The molecule has 1 amide bonds. The molecule has 2 aromatic carbocycles. The summed E-state index contributed by atoms with van der Waals surface area (Å²) in [5.74, 6) is -0.962. The van der Waals surface area contributed by atoms with E-state index in [1.54, 1.807) is 55.7 Å². The molecular weight excluding hydrogens is 484 g/mol. The van der Waals surface area contributed by atoms with Gasteiger partial charge >= 0.3 is 0 Å². The molecule has 1 saturated heterocycles. The number of unbranched alkanes of at least 4 members (excludes halogenated alkanes) is 1. The number of ether oxygens (including phenoxy) is 2. The van der Waals surface area contributed by atoms with Crippen molar-refractivity contribution in [1.82, 2.24) is 9.88 Å². The average molecular weight is 517 g/mol. The highest BCUT2D eigenvalue weighted by atomic mass is 16.5. The van der Waals surface area contributed by atoms with E-state index in [2.05, 4.69) is 11.9 Å². The highest BCUT2D eigenvalue weighted by Crippen LogP contribution is 2.43. The van der Waals surface area contributed by atoms with Gasteiger partial charge in [-0.25, -0.2) is 0 Å². The zero-order valence-corrected chi connectivity index (χ0v) is 21.8. The molecule has 3 aromatic rings. The Morgan fingerprint density at radius 2 is 1.89 bits per heavy atom. The number of rotatable bonds is 10. The highest BCUT2D eigenvalue weighted by Gasteiger charge is 2.46. The maximum absolute atomic E-state index is 13.4. The molecule has 8 nitrogen and oxygen atoms in total. The fourth-order valence-electron chi connectivity index (χ4n) is 4.52. The van der Waals surface area contributed by atoms with Crippen molar-refractivity contribution in [2.45, 2.75) is 46.2 Å². The van der Waals surface area contributed by atoms with Gasteiger partial charge in [-0.05, 0) is 73.4 Å². The van der Waals surface area contributed by atoms with Crippen LogP contribution in [0.1, 0.15) is 55.0 Å². The number of amides is 1. The molecule has 0 unspecified atom stereocenters. The van der Waals surface area contributed by atoms with Crippen LogP contribution in [0, 0.1) is 6.92 Å². The Kier molecular flexibility index (Phi) is 8.31. The summed E-state index contributed by atoms with van der Waals surface area (Å²) >= 11 is 0. The number of ketones is 1. The van der Waals surface area contributed by atoms with Crippen molar-refractivity contribution >= 4 is 17.4 Å². The first-order valence-electron chi connectivity index (χ1n) is 12.7. The minimum Gasteiger partial charge on any atom is -0.507 e. The number of aromatic hydroxyl groups is 1. The number of hydrogen-bond donors (Lipinski definition) is 2. The molecule has 1 aromatic heterocycles. The Morgan fingerprint density at radius 1 is 1.08 bits per heavy atom. The molecule has 4 rings (SSSR count). The summed E-state index contributed by atoms with van der Waals surface area (Å²) in [4.78, 5) is 32.2. The number of aliphatic hydroxyl groups excluding tert-OH is 1. The average Bonchev–Trinajstić information content (AvgIpc) is 3.15. The second-order valence-corrected chi connectivity index (χ2v) is 9.13. The Hall–Kier alpha value is -4.33. The molecule has 0 spiro atoms. The van der Waals surface area contributed by atoms with Gasteiger partial charge in [0.15, 0.2) is 11.5 Å². The van der Waals surface area contributed by atoms with Gasteiger partial charge in [0.1, 0.15) is 11.5 Å². The van der Waals surface area contributed by atoms with E-state index in [9.17, 15) is 19.8 Å². The van der Waals surface area contributed by atoms with Crippen molar-refractivity contribution in [2.24, 2.45) is 0 Å². The third kappa shape index (κ3) is 5.49. The number of carbonyl (C=O) groups is 2. The molecule has 2 heterocycles. The van der Waals surface area contributed by atoms with E-state index in [1.165, 1.54) is 11.0 Å². The van der Waals surface area contributed by atoms with Crippen molar-refractivity contribution in [1.29, 1.82) is 0 Å². The fourth-order valence-corrected chi connectivity index (χ4v) is 4.52. The molecule has 0 saturated carbocycles. The number of aryl methyl sites for hydroxylation is 1. The summed E-state index contributed by atoms with van der Waals surface area (Å²) in [6.45, 7) is 6.70. The molecule has 198 valence electrons. The quantitative estimate of drug-likeness (QED) is 0.163. The molecule has 0 bridgehead atoms. The second-order valence-electron chi connectivity index (χ2n) is 9.13. The number of phenolic OH excluding ortho intramolecular Hbond substituents is 1. The molecule has 1 atom stereocenters. The van der Waals surface area contributed by atoms with E-state index in [0.29, 0.717) is 35.7 Å². The Labute approximate surface area is 222 Å². The number of Topliss-reactive ketones (excluding diaryl/α,β-unsaturated/α-hetero) is 1. The van der Waals surface area contributed by atoms with E-state index >= 15 is 0 Å². The van der Waals surface area contributed by atoms with Crippen LogP contribution in [0.5, 0.6) is 17.2 Å². The summed E-state index contributed by atoms with van der Waals surface area (Å²) in [5, 5.41) is 21.7. The monoisotopic (exact) mass is 516 g/mol. The van der Waals surface area contributed by atoms with Gasteiger partial charge in [-0.1, -0.05) is 25.5 Å². The first-order valence-corrected chi connectivity index (χ1v) is 12.7. The Balaban J connectivity index is 1.82. The zero-order chi connectivity index (χ0) is 27.2. The van der Waals surface area contributed by atoms with Crippen LogP contribution in [-0.4, -0.2) is 45.0 Å². The molecule has 1 aliphatic heterocycles. The molecule has 1 fully saturated rings. The minimum absolute atomic E-state index is 0.0326. The van der Waals surface area contributed by atoms with Crippen LogP contribution in [0.2, 0.25) is 0 Å². The zero-order valence-electron chi connectivity index (χ0n) is 21.8. The number of hydrogen-bond acceptors (Lipinski definition) is 7. The molecule has 1 aliphatic rings. The Morgan fingerprint density at radius 3 is 2.58 bits per heavy atom. The molecule has 8 heteroatoms. The number of carbonyl (C=O) groups excluding carboxylic acids is 2.